The van der Waals surface area contributed by atoms with Crippen LogP contribution in [-0.2, 0) is 17.8 Å². The Morgan fingerprint density at radius 1 is 1.32 bits per heavy atom. The standard InChI is InChI=1S/C16H24N2O/c1-3-13-4-6-14(7-5-13)10-18-15(19)16(11-17)8-12(2)9-16/h4-7,12H,3,8-11,17H2,1-2H3,(H,18,19). The normalized spacial score (nSPS) is 25.7. The number of nitrogens with one attached hydrogen (secondary N) is 1. The lowest BCUT2D eigenvalue weighted by molar-refractivity contribution is -0.138. The minimum Gasteiger partial charge on any atom is -0.352 e. The van der Waals surface area contributed by atoms with E-state index in [2.05, 4.69) is 43.4 Å². The van der Waals surface area contributed by atoms with Crippen molar-refractivity contribution in [3.05, 3.63) is 35.4 Å². The highest BCUT2D eigenvalue weighted by Crippen LogP contribution is 2.44. The van der Waals surface area contributed by atoms with Crippen molar-refractivity contribution in [3.8, 4) is 0 Å². The van der Waals surface area contributed by atoms with Gasteiger partial charge in [0, 0.05) is 13.1 Å². The molecule has 1 aromatic carbocycles. The van der Waals surface area contributed by atoms with Gasteiger partial charge in [-0.3, -0.25) is 4.79 Å². The molecule has 0 bridgehead atoms. The van der Waals surface area contributed by atoms with E-state index in [0.717, 1.165) is 24.8 Å². The van der Waals surface area contributed by atoms with Crippen LogP contribution < -0.4 is 11.1 Å². The number of hydrogen-bond donors (Lipinski definition) is 2. The van der Waals surface area contributed by atoms with Crippen LogP contribution in [0.5, 0.6) is 0 Å². The molecule has 0 unspecified atom stereocenters. The molecule has 0 spiro atoms. The van der Waals surface area contributed by atoms with Crippen molar-refractivity contribution in [2.24, 2.45) is 17.1 Å². The maximum atomic E-state index is 12.2. The molecular weight excluding hydrogens is 236 g/mol. The average Bonchev–Trinajstić information content (AvgIpc) is 2.41. The maximum absolute atomic E-state index is 12.2. The fraction of sp³-hybridized carbons (Fsp3) is 0.562. The van der Waals surface area contributed by atoms with E-state index in [1.165, 1.54) is 5.56 Å². The molecule has 1 saturated carbocycles. The predicted molar refractivity (Wildman–Crippen MR) is 77.6 cm³/mol. The average molecular weight is 260 g/mol. The molecule has 0 aromatic heterocycles. The minimum atomic E-state index is -0.303. The van der Waals surface area contributed by atoms with Crippen LogP contribution >= 0.6 is 0 Å². The Kier molecular flexibility index (Phi) is 4.25. The molecule has 3 nitrogen and oxygen atoms in total. The molecule has 19 heavy (non-hydrogen) atoms. The summed E-state index contributed by atoms with van der Waals surface area (Å²) in [6, 6.07) is 8.40. The van der Waals surface area contributed by atoms with Crippen molar-refractivity contribution in [2.75, 3.05) is 6.54 Å². The van der Waals surface area contributed by atoms with Gasteiger partial charge in [0.05, 0.1) is 5.41 Å². The van der Waals surface area contributed by atoms with E-state index in [1.54, 1.807) is 0 Å². The summed E-state index contributed by atoms with van der Waals surface area (Å²) < 4.78 is 0. The van der Waals surface area contributed by atoms with E-state index in [-0.39, 0.29) is 11.3 Å². The lowest BCUT2D eigenvalue weighted by Crippen LogP contribution is -2.53. The molecule has 1 aliphatic carbocycles. The summed E-state index contributed by atoms with van der Waals surface area (Å²) in [6.45, 7) is 5.36. The predicted octanol–water partition coefficient (Wildman–Crippen LogP) is 2.24. The molecule has 0 aliphatic heterocycles. The summed E-state index contributed by atoms with van der Waals surface area (Å²) in [5.41, 5.74) is 7.94. The SMILES string of the molecule is CCc1ccc(CNC(=O)C2(CN)CC(C)C2)cc1. The van der Waals surface area contributed by atoms with Crippen LogP contribution in [0.25, 0.3) is 0 Å². The van der Waals surface area contributed by atoms with Crippen LogP contribution in [0.1, 0.15) is 37.8 Å². The van der Waals surface area contributed by atoms with Crippen LogP contribution in [0.3, 0.4) is 0 Å². The van der Waals surface area contributed by atoms with Gasteiger partial charge in [-0.2, -0.15) is 0 Å². The number of benzene rings is 1. The summed E-state index contributed by atoms with van der Waals surface area (Å²) in [4.78, 5) is 12.2. The molecule has 104 valence electrons. The molecule has 3 N–H and O–H groups in total. The van der Waals surface area contributed by atoms with Crippen LogP contribution in [-0.4, -0.2) is 12.5 Å². The zero-order chi connectivity index (χ0) is 13.9. The van der Waals surface area contributed by atoms with E-state index in [0.29, 0.717) is 19.0 Å². The second kappa shape index (κ2) is 5.74. The van der Waals surface area contributed by atoms with Gasteiger partial charge in [-0.15, -0.1) is 0 Å². The zero-order valence-corrected chi connectivity index (χ0v) is 11.9. The summed E-state index contributed by atoms with van der Waals surface area (Å²) in [5, 5.41) is 3.03. The third-order valence-corrected chi connectivity index (χ3v) is 4.24. The second-order valence-corrected chi connectivity index (χ2v) is 5.85. The number of nitrogens with two attached hydrogens (primary N) is 1. The Morgan fingerprint density at radius 2 is 1.89 bits per heavy atom. The van der Waals surface area contributed by atoms with Crippen LogP contribution in [0.2, 0.25) is 0 Å². The highest BCUT2D eigenvalue weighted by molar-refractivity contribution is 5.83. The fourth-order valence-electron chi connectivity index (χ4n) is 2.98. The topological polar surface area (TPSA) is 55.1 Å². The molecule has 0 heterocycles. The van der Waals surface area contributed by atoms with Gasteiger partial charge in [-0.05, 0) is 36.3 Å². The zero-order valence-electron chi connectivity index (χ0n) is 11.9. The molecule has 1 aliphatic rings. The molecule has 0 atom stereocenters. The summed E-state index contributed by atoms with van der Waals surface area (Å²) in [5.74, 6) is 0.741. The first kappa shape index (κ1) is 14.1. The molecule has 0 saturated heterocycles. The second-order valence-electron chi connectivity index (χ2n) is 5.85. The van der Waals surface area contributed by atoms with Crippen molar-refractivity contribution in [3.63, 3.8) is 0 Å². The van der Waals surface area contributed by atoms with Crippen molar-refractivity contribution >= 4 is 5.91 Å². The monoisotopic (exact) mass is 260 g/mol. The van der Waals surface area contributed by atoms with Gasteiger partial charge in [0.25, 0.3) is 0 Å². The van der Waals surface area contributed by atoms with Gasteiger partial charge in [0.1, 0.15) is 0 Å². The smallest absolute Gasteiger partial charge is 0.227 e. The Morgan fingerprint density at radius 3 is 2.37 bits per heavy atom. The molecule has 1 aromatic rings. The minimum absolute atomic E-state index is 0.118. The highest BCUT2D eigenvalue weighted by atomic mass is 16.2. The van der Waals surface area contributed by atoms with E-state index < -0.39 is 0 Å². The van der Waals surface area contributed by atoms with Gasteiger partial charge < -0.3 is 11.1 Å². The van der Waals surface area contributed by atoms with E-state index in [4.69, 9.17) is 5.73 Å². The lowest BCUT2D eigenvalue weighted by Gasteiger charge is -2.44. The highest BCUT2D eigenvalue weighted by Gasteiger charge is 2.46. The van der Waals surface area contributed by atoms with Crippen LogP contribution in [0, 0.1) is 11.3 Å². The summed E-state index contributed by atoms with van der Waals surface area (Å²) >= 11 is 0. The number of rotatable bonds is 5. The third-order valence-electron chi connectivity index (χ3n) is 4.24. The lowest BCUT2D eigenvalue weighted by atomic mass is 9.62. The number of aryl methyl sites for hydroxylation is 1. The van der Waals surface area contributed by atoms with Gasteiger partial charge in [0.2, 0.25) is 5.91 Å². The quantitative estimate of drug-likeness (QED) is 0.853. The fourth-order valence-corrected chi connectivity index (χ4v) is 2.98. The largest absolute Gasteiger partial charge is 0.352 e. The Hall–Kier alpha value is -1.35. The summed E-state index contributed by atoms with van der Waals surface area (Å²) in [6.07, 6.45) is 2.88. The first-order valence-corrected chi connectivity index (χ1v) is 7.16. The van der Waals surface area contributed by atoms with Gasteiger partial charge in [-0.25, -0.2) is 0 Å². The molecular formula is C16H24N2O. The van der Waals surface area contributed by atoms with E-state index in [9.17, 15) is 4.79 Å². The Balaban J connectivity index is 1.89. The Bertz CT molecular complexity index is 433. The van der Waals surface area contributed by atoms with Crippen molar-refractivity contribution in [2.45, 2.75) is 39.7 Å². The first-order valence-electron chi connectivity index (χ1n) is 7.16. The molecule has 1 amide bonds. The van der Waals surface area contributed by atoms with Gasteiger partial charge in [0.15, 0.2) is 0 Å². The Labute approximate surface area is 115 Å². The number of hydrogen-bond acceptors (Lipinski definition) is 2. The van der Waals surface area contributed by atoms with Crippen molar-refractivity contribution in [1.82, 2.24) is 5.32 Å². The van der Waals surface area contributed by atoms with Gasteiger partial charge >= 0.3 is 0 Å². The molecule has 3 heteroatoms. The number of amides is 1. The van der Waals surface area contributed by atoms with Gasteiger partial charge in [-0.1, -0.05) is 38.1 Å². The van der Waals surface area contributed by atoms with Crippen molar-refractivity contribution < 1.29 is 4.79 Å². The van der Waals surface area contributed by atoms with Crippen LogP contribution in [0.4, 0.5) is 0 Å². The summed E-state index contributed by atoms with van der Waals surface area (Å²) in [7, 11) is 0. The van der Waals surface area contributed by atoms with E-state index in [1.807, 2.05) is 0 Å². The molecule has 1 fully saturated rings. The maximum Gasteiger partial charge on any atom is 0.227 e. The third kappa shape index (κ3) is 2.98. The number of carbonyl (C=O) groups is 1. The first-order chi connectivity index (χ1) is 9.09. The molecule has 2 rings (SSSR count). The number of carbonyl (C=O) groups excluding carboxylic acids is 1. The van der Waals surface area contributed by atoms with E-state index >= 15 is 0 Å². The van der Waals surface area contributed by atoms with Crippen molar-refractivity contribution in [1.29, 1.82) is 0 Å². The molecule has 0 radical (unpaired) electrons. The van der Waals surface area contributed by atoms with Crippen LogP contribution in [0.15, 0.2) is 24.3 Å².